The fourth-order valence-electron chi connectivity index (χ4n) is 2.81. The van der Waals surface area contributed by atoms with Crippen LogP contribution < -0.4 is 5.32 Å². The first-order valence-electron chi connectivity index (χ1n) is 6.36. The fraction of sp³-hybridized carbons (Fsp3) is 0.538. The summed E-state index contributed by atoms with van der Waals surface area (Å²) in [4.78, 5) is 14.9. The molecular weight excluding hydrogens is 328 g/mol. The van der Waals surface area contributed by atoms with Crippen molar-refractivity contribution in [1.29, 1.82) is 0 Å². The molecular formula is C13H15BrN2O4. The second-order valence-corrected chi connectivity index (χ2v) is 6.14. The van der Waals surface area contributed by atoms with Gasteiger partial charge in [0.2, 0.25) is 0 Å². The molecule has 1 atom stereocenters. The zero-order valence-electron chi connectivity index (χ0n) is 10.8. The highest BCUT2D eigenvalue weighted by Crippen LogP contribution is 2.46. The molecule has 1 aromatic rings. The summed E-state index contributed by atoms with van der Waals surface area (Å²) in [7, 11) is 0. The van der Waals surface area contributed by atoms with Gasteiger partial charge in [-0.1, -0.05) is 0 Å². The summed E-state index contributed by atoms with van der Waals surface area (Å²) in [5, 5.41) is 12.1. The first kappa shape index (κ1) is 13.9. The second kappa shape index (κ2) is 5.07. The number of nitrogens with one attached hydrogen (secondary N) is 1. The SMILES string of the molecule is O=C(O)COC1(c2ccncc2Br)COC2(CNC2)C1. The van der Waals surface area contributed by atoms with Gasteiger partial charge >= 0.3 is 5.97 Å². The number of hydrogen-bond donors (Lipinski definition) is 2. The molecule has 1 aromatic heterocycles. The minimum atomic E-state index is -0.984. The monoisotopic (exact) mass is 342 g/mol. The van der Waals surface area contributed by atoms with Crippen molar-refractivity contribution >= 4 is 21.9 Å². The molecule has 2 aliphatic rings. The van der Waals surface area contributed by atoms with Crippen LogP contribution in [0.15, 0.2) is 22.9 Å². The van der Waals surface area contributed by atoms with E-state index < -0.39 is 11.6 Å². The lowest BCUT2D eigenvalue weighted by atomic mass is 9.83. The van der Waals surface area contributed by atoms with E-state index in [0.717, 1.165) is 23.1 Å². The van der Waals surface area contributed by atoms with Crippen LogP contribution in [-0.2, 0) is 19.9 Å². The Morgan fingerprint density at radius 1 is 1.60 bits per heavy atom. The van der Waals surface area contributed by atoms with Gasteiger partial charge in [-0.05, 0) is 22.0 Å². The van der Waals surface area contributed by atoms with E-state index in [1.165, 1.54) is 0 Å². The van der Waals surface area contributed by atoms with Gasteiger partial charge in [0.25, 0.3) is 0 Å². The summed E-state index contributed by atoms with van der Waals surface area (Å²) in [5.41, 5.74) is -0.0822. The van der Waals surface area contributed by atoms with E-state index in [-0.39, 0.29) is 12.2 Å². The minimum absolute atomic E-state index is 0.235. The quantitative estimate of drug-likeness (QED) is 0.846. The van der Waals surface area contributed by atoms with Crippen molar-refractivity contribution < 1.29 is 19.4 Å². The van der Waals surface area contributed by atoms with Crippen molar-refractivity contribution in [2.75, 3.05) is 26.3 Å². The third-order valence-electron chi connectivity index (χ3n) is 3.85. The van der Waals surface area contributed by atoms with Gasteiger partial charge in [-0.15, -0.1) is 0 Å². The van der Waals surface area contributed by atoms with Gasteiger partial charge in [0.05, 0.1) is 12.2 Å². The zero-order valence-corrected chi connectivity index (χ0v) is 12.4. The van der Waals surface area contributed by atoms with Gasteiger partial charge in [0.15, 0.2) is 0 Å². The van der Waals surface area contributed by atoms with Crippen LogP contribution in [0.4, 0.5) is 0 Å². The van der Waals surface area contributed by atoms with Crippen LogP contribution in [0.25, 0.3) is 0 Å². The van der Waals surface area contributed by atoms with Crippen molar-refractivity contribution in [1.82, 2.24) is 10.3 Å². The number of aromatic nitrogens is 1. The van der Waals surface area contributed by atoms with Crippen LogP contribution in [0.1, 0.15) is 12.0 Å². The van der Waals surface area contributed by atoms with E-state index in [0.29, 0.717) is 13.0 Å². The number of rotatable bonds is 4. The Labute approximate surface area is 124 Å². The van der Waals surface area contributed by atoms with Gasteiger partial charge < -0.3 is 19.9 Å². The van der Waals surface area contributed by atoms with Crippen LogP contribution in [0.2, 0.25) is 0 Å². The lowest BCUT2D eigenvalue weighted by Crippen LogP contribution is -2.59. The fourth-order valence-corrected chi connectivity index (χ4v) is 3.42. The van der Waals surface area contributed by atoms with Gasteiger partial charge in [0.1, 0.15) is 12.2 Å². The minimum Gasteiger partial charge on any atom is -0.480 e. The molecule has 3 rings (SSSR count). The average Bonchev–Trinajstić information content (AvgIpc) is 2.78. The number of ether oxygens (including phenoxy) is 2. The number of pyridine rings is 1. The van der Waals surface area contributed by atoms with E-state index in [1.54, 1.807) is 12.4 Å². The first-order chi connectivity index (χ1) is 9.55. The van der Waals surface area contributed by atoms with Crippen molar-refractivity contribution in [2.45, 2.75) is 17.6 Å². The van der Waals surface area contributed by atoms with E-state index >= 15 is 0 Å². The maximum absolute atomic E-state index is 10.9. The Morgan fingerprint density at radius 2 is 2.40 bits per heavy atom. The number of halogens is 1. The number of hydrogen-bond acceptors (Lipinski definition) is 5. The van der Waals surface area contributed by atoms with Gasteiger partial charge in [0, 0.05) is 41.9 Å². The first-order valence-corrected chi connectivity index (χ1v) is 7.15. The molecule has 6 nitrogen and oxygen atoms in total. The van der Waals surface area contributed by atoms with Crippen molar-refractivity contribution in [3.8, 4) is 0 Å². The van der Waals surface area contributed by atoms with E-state index in [4.69, 9.17) is 14.6 Å². The van der Waals surface area contributed by atoms with E-state index in [2.05, 4.69) is 26.2 Å². The summed E-state index contributed by atoms with van der Waals surface area (Å²) in [6, 6.07) is 1.85. The molecule has 7 heteroatoms. The number of carboxylic acids is 1. The Hall–Kier alpha value is -1.02. The molecule has 0 aliphatic carbocycles. The molecule has 0 aromatic carbocycles. The Morgan fingerprint density at radius 3 is 2.95 bits per heavy atom. The molecule has 2 saturated heterocycles. The van der Waals surface area contributed by atoms with Crippen LogP contribution in [0.5, 0.6) is 0 Å². The average molecular weight is 343 g/mol. The molecule has 3 heterocycles. The van der Waals surface area contributed by atoms with Gasteiger partial charge in [-0.25, -0.2) is 4.79 Å². The van der Waals surface area contributed by atoms with Crippen molar-refractivity contribution in [3.05, 3.63) is 28.5 Å². The normalized spacial score (nSPS) is 27.4. The molecule has 2 fully saturated rings. The molecule has 2 N–H and O–H groups in total. The summed E-state index contributed by atoms with van der Waals surface area (Å²) in [6.07, 6.45) is 4.00. The molecule has 0 bridgehead atoms. The smallest absolute Gasteiger partial charge is 0.329 e. The number of aliphatic carboxylic acids is 1. The summed E-state index contributed by atoms with van der Waals surface area (Å²) in [6.45, 7) is 1.55. The Bertz CT molecular complexity index is 535. The largest absolute Gasteiger partial charge is 0.480 e. The second-order valence-electron chi connectivity index (χ2n) is 5.28. The van der Waals surface area contributed by atoms with Crippen molar-refractivity contribution in [3.63, 3.8) is 0 Å². The van der Waals surface area contributed by atoms with Gasteiger partial charge in [-0.2, -0.15) is 0 Å². The molecule has 1 unspecified atom stereocenters. The number of carbonyl (C=O) groups is 1. The maximum atomic E-state index is 10.9. The van der Waals surface area contributed by atoms with Gasteiger partial charge in [-0.3, -0.25) is 4.98 Å². The number of carboxylic acid groups (broad SMARTS) is 1. The predicted octanol–water partition coefficient (Wildman–Crippen LogP) is 0.903. The molecule has 20 heavy (non-hydrogen) atoms. The molecule has 2 aliphatic heterocycles. The predicted molar refractivity (Wildman–Crippen MR) is 73.4 cm³/mol. The molecule has 0 saturated carbocycles. The van der Waals surface area contributed by atoms with Crippen LogP contribution in [0, 0.1) is 0 Å². The molecule has 108 valence electrons. The Kier molecular flexibility index (Phi) is 3.53. The third kappa shape index (κ3) is 2.35. The topological polar surface area (TPSA) is 80.7 Å². The lowest BCUT2D eigenvalue weighted by Gasteiger charge is -2.39. The molecule has 0 radical (unpaired) electrons. The van der Waals surface area contributed by atoms with Crippen LogP contribution in [-0.4, -0.2) is 48.0 Å². The highest BCUT2D eigenvalue weighted by atomic mass is 79.9. The van der Waals surface area contributed by atoms with Crippen LogP contribution >= 0.6 is 15.9 Å². The van der Waals surface area contributed by atoms with Crippen LogP contribution in [0.3, 0.4) is 0 Å². The molecule has 0 amide bonds. The molecule has 1 spiro atoms. The highest BCUT2D eigenvalue weighted by Gasteiger charge is 2.55. The standard InChI is InChI=1S/C13H15BrN2O4/c14-10-3-15-2-1-9(10)13(19-4-11(17)18)5-12(20-8-13)6-16-7-12/h1-3,16H,4-8H2,(H,17,18). The maximum Gasteiger partial charge on any atom is 0.329 e. The zero-order chi connectivity index (χ0) is 14.2. The third-order valence-corrected chi connectivity index (χ3v) is 4.48. The summed E-state index contributed by atoms with van der Waals surface area (Å²) >= 11 is 3.46. The Balaban J connectivity index is 1.92. The number of nitrogens with zero attached hydrogens (tertiary/aromatic N) is 1. The van der Waals surface area contributed by atoms with E-state index in [9.17, 15) is 4.79 Å². The van der Waals surface area contributed by atoms with E-state index in [1.807, 2.05) is 6.07 Å². The van der Waals surface area contributed by atoms with Crippen molar-refractivity contribution in [2.24, 2.45) is 0 Å². The summed E-state index contributed by atoms with van der Waals surface area (Å²) < 4.78 is 12.5. The highest BCUT2D eigenvalue weighted by molar-refractivity contribution is 9.10. The lowest BCUT2D eigenvalue weighted by molar-refractivity contribution is -0.150. The summed E-state index contributed by atoms with van der Waals surface area (Å²) in [5.74, 6) is -0.984.